The number of hydrogen-bond acceptors (Lipinski definition) is 36. The van der Waals surface area contributed by atoms with Crippen molar-refractivity contribution in [2.75, 3.05) is 96.8 Å². The number of aryl methyl sites for hydroxylation is 1. The van der Waals surface area contributed by atoms with Crippen molar-refractivity contribution in [1.82, 2.24) is 9.80 Å². The molecule has 0 spiro atoms. The van der Waals surface area contributed by atoms with E-state index in [1.807, 2.05) is 85.7 Å². The second-order valence-corrected chi connectivity index (χ2v) is 34.5. The number of primary amides is 2. The Balaban J connectivity index is -0.000000150. The summed E-state index contributed by atoms with van der Waals surface area (Å²) in [6, 6.07) is 9.60. The topological polar surface area (TPSA) is 568 Å². The number of halogens is 2. The summed E-state index contributed by atoms with van der Waals surface area (Å²) in [6.45, 7) is 50.5. The largest absolute Gasteiger partial charge is 0.519 e. The van der Waals surface area contributed by atoms with Crippen molar-refractivity contribution in [3.8, 4) is 0 Å². The van der Waals surface area contributed by atoms with Crippen molar-refractivity contribution in [3.05, 3.63) is 58.0 Å². The maximum absolute atomic E-state index is 12.5. The van der Waals surface area contributed by atoms with Gasteiger partial charge in [-0.1, -0.05) is 175 Å². The highest BCUT2D eigenvalue weighted by molar-refractivity contribution is 5.80. The van der Waals surface area contributed by atoms with Crippen LogP contribution in [0.1, 0.15) is 326 Å². The molecule has 0 bridgehead atoms. The molecule has 3 aliphatic carbocycles. The number of carbonyl (C=O) groups is 18. The molecule has 4 amide bonds. The third kappa shape index (κ3) is 99.6. The van der Waals surface area contributed by atoms with E-state index in [1.165, 1.54) is 92.6 Å². The number of carbonyl (C=O) groups excluding carboxylic acids is 17. The monoisotopic (exact) mass is 2110 g/mol. The van der Waals surface area contributed by atoms with Crippen LogP contribution in [0.4, 0.5) is 13.6 Å². The molecule has 41 nitrogen and oxygen atoms in total. The molecule has 2 heterocycles. The molecule has 3 saturated carbocycles. The van der Waals surface area contributed by atoms with Gasteiger partial charge in [0.15, 0.2) is 18.1 Å². The summed E-state index contributed by atoms with van der Waals surface area (Å²) in [6.07, 6.45) is 15.8. The van der Waals surface area contributed by atoms with E-state index in [1.54, 1.807) is 90.5 Å². The average molecular weight is 2110 g/mol. The molecule has 43 heteroatoms. The van der Waals surface area contributed by atoms with E-state index in [0.29, 0.717) is 95.1 Å². The van der Waals surface area contributed by atoms with E-state index in [4.69, 9.17) is 52.5 Å². The Bertz CT molecular complexity index is 3770. The third-order valence-electron chi connectivity index (χ3n) is 18.8. The number of amides is 4. The Morgan fingerprint density at radius 1 is 0.521 bits per heavy atom. The summed E-state index contributed by atoms with van der Waals surface area (Å²) < 4.78 is 105. The summed E-state index contributed by atoms with van der Waals surface area (Å²) >= 11 is 0. The van der Waals surface area contributed by atoms with Crippen molar-refractivity contribution < 1.29 is 180 Å². The summed E-state index contributed by atoms with van der Waals surface area (Å²) in [5.74, 6) is -7.50. The fourth-order valence-corrected chi connectivity index (χ4v) is 9.74. The van der Waals surface area contributed by atoms with E-state index in [2.05, 4.69) is 76.4 Å². The van der Waals surface area contributed by atoms with Gasteiger partial charge in [-0.3, -0.25) is 76.7 Å². The molecule has 0 radical (unpaired) electrons. The van der Waals surface area contributed by atoms with Gasteiger partial charge in [0.2, 0.25) is 30.9 Å². The van der Waals surface area contributed by atoms with Crippen LogP contribution >= 0.6 is 0 Å². The molecule has 2 unspecified atom stereocenters. The summed E-state index contributed by atoms with van der Waals surface area (Å²) in [5.41, 5.74) is 9.42. The fourth-order valence-electron chi connectivity index (χ4n) is 9.74. The van der Waals surface area contributed by atoms with Gasteiger partial charge in [0.25, 0.3) is 0 Å². The molecule has 1 aliphatic heterocycles. The first-order chi connectivity index (χ1) is 67.9. The number of ether oxygens (including phenoxy) is 15. The van der Waals surface area contributed by atoms with Crippen LogP contribution in [-0.2, 0) is 166 Å². The minimum Gasteiger partial charge on any atom is -0.481 e. The number of carboxylic acid groups (broad SMARTS) is 1. The van der Waals surface area contributed by atoms with Crippen LogP contribution in [0.25, 0.3) is 0 Å². The number of nitrogens with zero attached hydrogens (tertiary/aromatic N) is 2. The first-order valence-electron chi connectivity index (χ1n) is 48.8. The molecule has 1 saturated heterocycles. The molecular formula is C103H184F2N4O37. The van der Waals surface area contributed by atoms with Crippen molar-refractivity contribution in [2.24, 2.45) is 63.7 Å². The first kappa shape index (κ1) is 157. The van der Waals surface area contributed by atoms with E-state index >= 15 is 0 Å². The number of benzene rings is 1. The Labute approximate surface area is 866 Å². The van der Waals surface area contributed by atoms with Crippen LogP contribution in [-0.4, -0.2) is 244 Å². The molecule has 1 aromatic heterocycles. The van der Waals surface area contributed by atoms with Gasteiger partial charge in [-0.05, 0) is 128 Å². The number of carboxylic acids is 1. The average Bonchev–Trinajstić information content (AvgIpc) is 1.29. The lowest BCUT2D eigenvalue weighted by atomic mass is 9.62. The zero-order valence-electron chi connectivity index (χ0n) is 94.4. The van der Waals surface area contributed by atoms with Crippen LogP contribution < -0.4 is 17.3 Å². The lowest BCUT2D eigenvalue weighted by Crippen LogP contribution is -2.43. The van der Waals surface area contributed by atoms with E-state index in [0.717, 1.165) is 96.3 Å². The van der Waals surface area contributed by atoms with Crippen LogP contribution in [0.2, 0.25) is 0 Å². The number of hydrogen-bond donors (Lipinski definition) is 3. The van der Waals surface area contributed by atoms with E-state index in [-0.39, 0.29) is 143 Å². The van der Waals surface area contributed by atoms with Gasteiger partial charge in [-0.2, -0.15) is 8.78 Å². The quantitative estimate of drug-likeness (QED) is 0.0273. The molecular weight excluding hydrogens is 1920 g/mol. The number of esters is 12. The minimum absolute atomic E-state index is 0.00921. The van der Waals surface area contributed by atoms with Crippen molar-refractivity contribution in [3.63, 3.8) is 0 Å². The van der Waals surface area contributed by atoms with Gasteiger partial charge in [0.1, 0.15) is 19.3 Å². The maximum atomic E-state index is 12.5. The standard InChI is InChI=1S/C14H24O5.C10H18O3.C10H18O2.C9H12O5.C9H10O2.C8H14O2.C6H10F2O2.C6H12O2.2C5H10O2.C4H9NO.2C4H8O2.C3H7NO.C3H6O2.C2H5NO.CH3NO/c1-10(2)9-13(15)17-11(3)18-14(16)19-12-7-5-4-6-8-12;1-8(2)6-10(11)13-7-9-4-3-5-12-9;1-4-12-9(11)10(8(2)3)6-5-7-10;1-5(2)8(10)12-4-7-6(3)13-9(11)14-7;1-8(10)11-7-9-5-3-2-4-6-9;1-6(2)8(4-5-8)7(9)10-3;1-4(2)6(7,8)5(9)10-3;1-4-8-6(7)5(2)3;1-3-4-5(6)7-2;1-3-5(6)7-4-2;1-4(6)5(2)3;2*1-3-4(5)6-2;1-4(2)3-5;1-2-3(4)5;1-2(3)4;2-1-3/h10-12H,4-9H2,1-3H3;8-9H,3-7H2,1-2H3;8H,4-7H2,1-3H3;5H,4H2,1-3H3;2-6H,7H2,1H3;6H,4-5H2,1-3H3;4H,1-3H3;5H,4H2,1-3H3;2*3-4H2,1-2H3;1-3H3;2*3H2,1-2H3;3H,1-2H3;2H2,1H3,(H,4,5);1H3,(H2,3,4);1H,(H2,2,3). The van der Waals surface area contributed by atoms with E-state index < -0.39 is 42.0 Å². The van der Waals surface area contributed by atoms with Crippen LogP contribution in [0, 0.1) is 59.2 Å². The van der Waals surface area contributed by atoms with Gasteiger partial charge < -0.3 is 106 Å². The minimum atomic E-state index is -3.35. The Kier molecular flexibility index (Phi) is 107. The lowest BCUT2D eigenvalue weighted by Gasteiger charge is -2.42. The SMILES string of the molecule is CC(=O)N(C)C.CC(=O)OCc1ccccc1.CC(C)CC(=O)OC(C)OC(=O)OC1CCCCC1.CC(C)CC(=O)OCC1CCCO1.CC(N)=O.CCC(=O)O.CCC(=O)OC.CCC(=O)OC.CCCC(=O)OC.CCOC(=O)C(C)C.CCOC(=O)C1(C(C)C)CCC1.CCOC(=O)CC.CN(C)C=O.COC(=O)C(F)(F)C(C)C.COC(=O)C1(C(C)C)CC1.Cc1oc(=O)oc1COC(=O)C(C)C.NC=O. The summed E-state index contributed by atoms with van der Waals surface area (Å²) in [4.78, 5) is 200. The fraction of sp³-hybridized carbons (Fsp3) is 0.738. The van der Waals surface area contributed by atoms with Crippen LogP contribution in [0.15, 0.2) is 44.0 Å². The molecule has 852 valence electrons. The predicted octanol–water partition coefficient (Wildman–Crippen LogP) is 16.7. The molecule has 146 heavy (non-hydrogen) atoms. The normalized spacial score (nSPS) is 12.9. The van der Waals surface area contributed by atoms with Gasteiger partial charge in [0, 0.05) is 113 Å². The highest BCUT2D eigenvalue weighted by Crippen LogP contribution is 2.52. The second kappa shape index (κ2) is 99.3. The van der Waals surface area contributed by atoms with Crippen LogP contribution in [0.5, 0.6) is 0 Å². The number of aliphatic carboxylic acids is 1. The number of methoxy groups -OCH3 is 5. The molecule has 2 atom stereocenters. The summed E-state index contributed by atoms with van der Waals surface area (Å²) in [5, 5.41) is 7.72. The van der Waals surface area contributed by atoms with Gasteiger partial charge in [0.05, 0.1) is 84.1 Å². The van der Waals surface area contributed by atoms with Gasteiger partial charge in [-0.15, -0.1) is 0 Å². The molecule has 5 N–H and O–H groups in total. The highest BCUT2D eigenvalue weighted by atomic mass is 19.3. The Morgan fingerprint density at radius 2 is 0.945 bits per heavy atom. The summed E-state index contributed by atoms with van der Waals surface area (Å²) in [7, 11) is 13.4. The molecule has 6 rings (SSSR count). The lowest BCUT2D eigenvalue weighted by molar-refractivity contribution is -0.175. The number of alkyl halides is 2. The second-order valence-electron chi connectivity index (χ2n) is 34.5. The van der Waals surface area contributed by atoms with Crippen molar-refractivity contribution >= 4 is 108 Å². The molecule has 4 fully saturated rings. The number of nitrogens with two attached hydrogens (primary N) is 2. The Hall–Kier alpha value is -11.7. The zero-order chi connectivity index (χ0) is 116. The van der Waals surface area contributed by atoms with Gasteiger partial charge >= 0.3 is 95.5 Å². The predicted molar refractivity (Wildman–Crippen MR) is 543 cm³/mol. The Morgan fingerprint density at radius 3 is 1.21 bits per heavy atom. The van der Waals surface area contributed by atoms with Crippen molar-refractivity contribution in [2.45, 2.75) is 353 Å². The molecule has 1 aromatic carbocycles. The molecule has 2 aromatic rings. The maximum Gasteiger partial charge on any atom is 0.519 e. The highest BCUT2D eigenvalue weighted by Gasteiger charge is 2.53. The molecule has 4 aliphatic rings. The zero-order valence-corrected chi connectivity index (χ0v) is 94.4. The smallest absolute Gasteiger partial charge is 0.481 e. The van der Waals surface area contributed by atoms with Crippen LogP contribution in [0.3, 0.4) is 0 Å². The van der Waals surface area contributed by atoms with Crippen molar-refractivity contribution in [1.29, 1.82) is 0 Å². The number of rotatable bonds is 31. The van der Waals surface area contributed by atoms with Gasteiger partial charge in [-0.25, -0.2) is 14.4 Å². The first-order valence-corrected chi connectivity index (χ1v) is 48.8. The van der Waals surface area contributed by atoms with E-state index in [9.17, 15) is 95.1 Å². The third-order valence-corrected chi connectivity index (χ3v) is 18.8.